The topological polar surface area (TPSA) is 91.6 Å². The molecular weight excluding hydrogens is 454 g/mol. The number of hydrogen-bond donors (Lipinski definition) is 1. The second kappa shape index (κ2) is 9.95. The monoisotopic (exact) mass is 479 g/mol. The van der Waals surface area contributed by atoms with Gasteiger partial charge in [-0.3, -0.25) is 14.5 Å². The number of nitrogens with zero attached hydrogens (tertiary/aromatic N) is 4. The number of rotatable bonds is 6. The van der Waals surface area contributed by atoms with Gasteiger partial charge in [0.25, 0.3) is 0 Å². The first-order valence-electron chi connectivity index (χ1n) is 11.6. The molecule has 0 radical (unpaired) electrons. The van der Waals surface area contributed by atoms with Crippen LogP contribution >= 0.6 is 11.6 Å². The van der Waals surface area contributed by atoms with Crippen LogP contribution in [0.4, 0.5) is 11.4 Å². The van der Waals surface area contributed by atoms with Crippen LogP contribution in [-0.2, 0) is 16.1 Å². The van der Waals surface area contributed by atoms with Gasteiger partial charge in [-0.15, -0.1) is 0 Å². The van der Waals surface area contributed by atoms with Crippen LogP contribution in [0.2, 0.25) is 5.02 Å². The van der Waals surface area contributed by atoms with Gasteiger partial charge < -0.3 is 14.7 Å². The molecule has 0 saturated carbocycles. The van der Waals surface area contributed by atoms with Crippen molar-refractivity contribution < 1.29 is 14.1 Å². The molecule has 5 rings (SSSR count). The maximum absolute atomic E-state index is 12.8. The highest BCUT2D eigenvalue weighted by Crippen LogP contribution is 2.25. The van der Waals surface area contributed by atoms with E-state index in [2.05, 4.69) is 20.4 Å². The van der Waals surface area contributed by atoms with Crippen molar-refractivity contribution >= 4 is 34.8 Å². The van der Waals surface area contributed by atoms with Crippen LogP contribution in [0.5, 0.6) is 0 Å². The van der Waals surface area contributed by atoms with Crippen LogP contribution in [0.3, 0.4) is 0 Å². The lowest BCUT2D eigenvalue weighted by Crippen LogP contribution is -2.37. The molecule has 3 heterocycles. The molecule has 1 aromatic heterocycles. The fourth-order valence-corrected chi connectivity index (χ4v) is 4.69. The molecule has 1 N–H and O–H groups in total. The van der Waals surface area contributed by atoms with Crippen LogP contribution in [0.1, 0.15) is 31.6 Å². The lowest BCUT2D eigenvalue weighted by molar-refractivity contribution is -0.121. The number of piperidine rings is 1. The van der Waals surface area contributed by atoms with Crippen molar-refractivity contribution in [2.24, 2.45) is 5.92 Å². The second-order valence-electron chi connectivity index (χ2n) is 8.76. The molecular formula is C25H26ClN5O3. The first-order valence-corrected chi connectivity index (χ1v) is 11.9. The van der Waals surface area contributed by atoms with E-state index < -0.39 is 0 Å². The highest BCUT2D eigenvalue weighted by molar-refractivity contribution is 6.30. The van der Waals surface area contributed by atoms with E-state index in [1.807, 2.05) is 36.4 Å². The number of nitrogens with one attached hydrogen (secondary N) is 1. The van der Waals surface area contributed by atoms with Gasteiger partial charge in [0.05, 0.1) is 6.54 Å². The minimum absolute atomic E-state index is 0.0330. The van der Waals surface area contributed by atoms with Crippen molar-refractivity contribution in [2.45, 2.75) is 32.2 Å². The van der Waals surface area contributed by atoms with E-state index in [9.17, 15) is 9.59 Å². The van der Waals surface area contributed by atoms with E-state index >= 15 is 0 Å². The summed E-state index contributed by atoms with van der Waals surface area (Å²) in [6.45, 7) is 2.87. The quantitative estimate of drug-likeness (QED) is 0.564. The number of hydrogen-bond acceptors (Lipinski definition) is 6. The minimum Gasteiger partial charge on any atom is -0.338 e. The van der Waals surface area contributed by atoms with E-state index in [1.54, 1.807) is 17.0 Å². The summed E-state index contributed by atoms with van der Waals surface area (Å²) in [5.74, 6) is 1.22. The molecule has 2 amide bonds. The van der Waals surface area contributed by atoms with Gasteiger partial charge in [0.1, 0.15) is 0 Å². The summed E-state index contributed by atoms with van der Waals surface area (Å²) in [7, 11) is 0. The van der Waals surface area contributed by atoms with Crippen LogP contribution in [0.25, 0.3) is 11.4 Å². The Morgan fingerprint density at radius 3 is 2.62 bits per heavy atom. The van der Waals surface area contributed by atoms with E-state index in [4.69, 9.17) is 16.1 Å². The lowest BCUT2D eigenvalue weighted by atomic mass is 9.96. The number of anilines is 2. The Morgan fingerprint density at radius 2 is 1.91 bits per heavy atom. The molecule has 2 aromatic carbocycles. The predicted octanol–water partition coefficient (Wildman–Crippen LogP) is 4.37. The summed E-state index contributed by atoms with van der Waals surface area (Å²) in [4.78, 5) is 33.2. The van der Waals surface area contributed by atoms with Gasteiger partial charge in [0, 0.05) is 40.8 Å². The van der Waals surface area contributed by atoms with Crippen molar-refractivity contribution in [1.29, 1.82) is 0 Å². The minimum atomic E-state index is -0.0409. The number of halogens is 1. The molecule has 2 saturated heterocycles. The van der Waals surface area contributed by atoms with Crippen LogP contribution in [0, 0.1) is 5.92 Å². The van der Waals surface area contributed by atoms with Crippen molar-refractivity contribution in [3.05, 3.63) is 59.4 Å². The molecule has 8 nitrogen and oxygen atoms in total. The molecule has 0 unspecified atom stereocenters. The molecule has 0 spiro atoms. The van der Waals surface area contributed by atoms with E-state index in [0.717, 1.165) is 55.8 Å². The summed E-state index contributed by atoms with van der Waals surface area (Å²) in [5.41, 5.74) is 2.45. The maximum Gasteiger partial charge on any atom is 0.241 e. The second-order valence-corrected chi connectivity index (χ2v) is 9.19. The van der Waals surface area contributed by atoms with Gasteiger partial charge in [-0.1, -0.05) is 28.9 Å². The molecule has 9 heteroatoms. The van der Waals surface area contributed by atoms with E-state index in [0.29, 0.717) is 29.7 Å². The third-order valence-electron chi connectivity index (χ3n) is 6.39. The first-order chi connectivity index (χ1) is 16.5. The molecule has 2 fully saturated rings. The normalized spacial score (nSPS) is 17.3. The summed E-state index contributed by atoms with van der Waals surface area (Å²) in [6.07, 6.45) is 3.03. The number of carbonyl (C=O) groups is 2. The van der Waals surface area contributed by atoms with E-state index in [-0.39, 0.29) is 17.7 Å². The Morgan fingerprint density at radius 1 is 1.12 bits per heavy atom. The number of likely N-dealkylation sites (tertiary alicyclic amines) is 1. The molecule has 34 heavy (non-hydrogen) atoms. The first kappa shape index (κ1) is 22.6. The summed E-state index contributed by atoms with van der Waals surface area (Å²) >= 11 is 6.05. The smallest absolute Gasteiger partial charge is 0.241 e. The summed E-state index contributed by atoms with van der Waals surface area (Å²) in [6, 6.07) is 14.9. The van der Waals surface area contributed by atoms with Gasteiger partial charge in [0.2, 0.25) is 23.5 Å². The summed E-state index contributed by atoms with van der Waals surface area (Å²) in [5, 5.41) is 7.71. The van der Waals surface area contributed by atoms with Crippen molar-refractivity contribution in [1.82, 2.24) is 15.0 Å². The van der Waals surface area contributed by atoms with Crippen LogP contribution in [-0.4, -0.2) is 46.5 Å². The number of carbonyl (C=O) groups excluding carboxylic acids is 2. The summed E-state index contributed by atoms with van der Waals surface area (Å²) < 4.78 is 5.42. The molecule has 2 aliphatic rings. The van der Waals surface area contributed by atoms with Gasteiger partial charge in [-0.05, 0) is 68.8 Å². The van der Waals surface area contributed by atoms with Crippen molar-refractivity contribution in [3.63, 3.8) is 0 Å². The highest BCUT2D eigenvalue weighted by Gasteiger charge is 2.26. The average Bonchev–Trinajstić information content (AvgIpc) is 3.49. The zero-order chi connectivity index (χ0) is 23.5. The Labute approximate surface area is 202 Å². The zero-order valence-electron chi connectivity index (χ0n) is 18.7. The SMILES string of the molecule is O=C(Nc1ccc(N2CCCC2=O)cc1)C1CCN(Cc2nc(-c3cccc(Cl)c3)no2)CC1. The fraction of sp³-hybridized carbons (Fsp3) is 0.360. The number of amides is 2. The largest absolute Gasteiger partial charge is 0.338 e. The standard InChI is InChI=1S/C25H26ClN5O3/c26-19-4-1-3-18(15-19)24-28-22(34-29-24)16-30-13-10-17(11-14-30)25(33)27-20-6-8-21(9-7-20)31-12-2-5-23(31)32/h1,3-4,6-9,15,17H,2,5,10-14,16H2,(H,27,33). The van der Waals surface area contributed by atoms with Gasteiger partial charge >= 0.3 is 0 Å². The third-order valence-corrected chi connectivity index (χ3v) is 6.62. The van der Waals surface area contributed by atoms with Gasteiger partial charge in [-0.25, -0.2) is 0 Å². The fourth-order valence-electron chi connectivity index (χ4n) is 4.50. The molecule has 0 bridgehead atoms. The lowest BCUT2D eigenvalue weighted by Gasteiger charge is -2.30. The molecule has 3 aromatic rings. The van der Waals surface area contributed by atoms with Crippen LogP contribution < -0.4 is 10.2 Å². The molecule has 176 valence electrons. The Balaban J connectivity index is 1.11. The predicted molar refractivity (Wildman–Crippen MR) is 129 cm³/mol. The van der Waals surface area contributed by atoms with Crippen molar-refractivity contribution in [3.8, 4) is 11.4 Å². The highest BCUT2D eigenvalue weighted by atomic mass is 35.5. The number of aromatic nitrogens is 2. The van der Waals surface area contributed by atoms with Crippen molar-refractivity contribution in [2.75, 3.05) is 29.9 Å². The van der Waals surface area contributed by atoms with Gasteiger partial charge in [-0.2, -0.15) is 4.98 Å². The van der Waals surface area contributed by atoms with E-state index in [1.165, 1.54) is 0 Å². The Bertz CT molecular complexity index is 1170. The molecule has 2 aliphatic heterocycles. The zero-order valence-corrected chi connectivity index (χ0v) is 19.5. The Kier molecular flexibility index (Phi) is 6.60. The maximum atomic E-state index is 12.8. The molecule has 0 aliphatic carbocycles. The Hall–Kier alpha value is -3.23. The third kappa shape index (κ3) is 5.13. The van der Waals surface area contributed by atoms with Gasteiger partial charge in [0.15, 0.2) is 0 Å². The average molecular weight is 480 g/mol. The van der Waals surface area contributed by atoms with Crippen LogP contribution in [0.15, 0.2) is 53.1 Å². The number of benzene rings is 2. The molecule has 0 atom stereocenters.